The first-order valence-corrected chi connectivity index (χ1v) is 6.97. The Hall–Kier alpha value is -1.61. The molecule has 0 aromatic heterocycles. The second-order valence-electron chi connectivity index (χ2n) is 5.34. The maximum absolute atomic E-state index is 11.9. The normalized spacial score (nSPS) is 21.1. The molecular weight excluding hydrogens is 252 g/mol. The van der Waals surface area contributed by atoms with Crippen LogP contribution in [0, 0.1) is 6.92 Å². The number of allylic oxidation sites excluding steroid dienone is 1. The molecule has 0 N–H and O–H groups in total. The SMILES string of the molecule is CCC(=O)OC1(COC)C(C)=C(C)c2c(C)cccc21. The van der Waals surface area contributed by atoms with Crippen molar-refractivity contribution in [3.63, 3.8) is 0 Å². The van der Waals surface area contributed by atoms with E-state index in [4.69, 9.17) is 9.47 Å². The third kappa shape index (κ3) is 2.06. The van der Waals surface area contributed by atoms with Crippen molar-refractivity contribution in [1.82, 2.24) is 0 Å². The highest BCUT2D eigenvalue weighted by Gasteiger charge is 2.45. The molecular formula is C17H22O3. The van der Waals surface area contributed by atoms with Crippen LogP contribution < -0.4 is 0 Å². The molecule has 0 saturated carbocycles. The molecule has 1 aromatic rings. The fraction of sp³-hybridized carbons (Fsp3) is 0.471. The van der Waals surface area contributed by atoms with Gasteiger partial charge in [0, 0.05) is 19.1 Å². The summed E-state index contributed by atoms with van der Waals surface area (Å²) in [6.45, 7) is 8.34. The van der Waals surface area contributed by atoms with Gasteiger partial charge in [0.15, 0.2) is 5.60 Å². The van der Waals surface area contributed by atoms with Gasteiger partial charge >= 0.3 is 5.97 Å². The van der Waals surface area contributed by atoms with Gasteiger partial charge in [0.05, 0.1) is 6.61 Å². The van der Waals surface area contributed by atoms with Crippen LogP contribution in [-0.4, -0.2) is 19.7 Å². The molecule has 3 nitrogen and oxygen atoms in total. The van der Waals surface area contributed by atoms with Gasteiger partial charge in [-0.1, -0.05) is 25.1 Å². The third-order valence-electron chi connectivity index (χ3n) is 4.18. The summed E-state index contributed by atoms with van der Waals surface area (Å²) >= 11 is 0. The number of esters is 1. The Bertz CT molecular complexity index is 572. The van der Waals surface area contributed by atoms with E-state index in [0.717, 1.165) is 11.1 Å². The number of benzene rings is 1. The minimum Gasteiger partial charge on any atom is -0.447 e. The van der Waals surface area contributed by atoms with Crippen LogP contribution in [0.25, 0.3) is 5.57 Å². The summed E-state index contributed by atoms with van der Waals surface area (Å²) in [5.41, 5.74) is 4.89. The average Bonchev–Trinajstić information content (AvgIpc) is 2.63. The van der Waals surface area contributed by atoms with E-state index in [2.05, 4.69) is 19.9 Å². The van der Waals surface area contributed by atoms with Crippen molar-refractivity contribution in [1.29, 1.82) is 0 Å². The zero-order chi connectivity index (χ0) is 14.9. The summed E-state index contributed by atoms with van der Waals surface area (Å²) in [4.78, 5) is 11.9. The topological polar surface area (TPSA) is 35.5 Å². The molecule has 108 valence electrons. The van der Waals surface area contributed by atoms with E-state index in [0.29, 0.717) is 13.0 Å². The Balaban J connectivity index is 2.64. The van der Waals surface area contributed by atoms with Crippen LogP contribution in [0.3, 0.4) is 0 Å². The molecule has 0 fully saturated rings. The maximum Gasteiger partial charge on any atom is 0.306 e. The lowest BCUT2D eigenvalue weighted by molar-refractivity contribution is -0.161. The van der Waals surface area contributed by atoms with Crippen LogP contribution in [0.1, 0.15) is 43.9 Å². The van der Waals surface area contributed by atoms with Crippen molar-refractivity contribution in [2.45, 2.75) is 39.7 Å². The number of hydrogen-bond donors (Lipinski definition) is 0. The zero-order valence-electron chi connectivity index (χ0n) is 12.9. The fourth-order valence-corrected chi connectivity index (χ4v) is 3.01. The van der Waals surface area contributed by atoms with Crippen LogP contribution in [0.15, 0.2) is 23.8 Å². The molecule has 1 aliphatic rings. The minimum absolute atomic E-state index is 0.205. The van der Waals surface area contributed by atoms with Crippen molar-refractivity contribution in [3.8, 4) is 0 Å². The maximum atomic E-state index is 11.9. The Labute approximate surface area is 120 Å². The van der Waals surface area contributed by atoms with Crippen LogP contribution in [0.2, 0.25) is 0 Å². The van der Waals surface area contributed by atoms with E-state index in [1.54, 1.807) is 14.0 Å². The monoisotopic (exact) mass is 274 g/mol. The largest absolute Gasteiger partial charge is 0.447 e. The smallest absolute Gasteiger partial charge is 0.306 e. The summed E-state index contributed by atoms with van der Waals surface area (Å²) in [7, 11) is 1.64. The molecule has 0 heterocycles. The molecule has 0 spiro atoms. The summed E-state index contributed by atoms with van der Waals surface area (Å²) in [6.07, 6.45) is 0.360. The van der Waals surface area contributed by atoms with Crippen molar-refractivity contribution < 1.29 is 14.3 Å². The lowest BCUT2D eigenvalue weighted by Gasteiger charge is -2.32. The number of rotatable bonds is 4. The number of fused-ring (bicyclic) bond motifs is 1. The predicted molar refractivity (Wildman–Crippen MR) is 79.4 cm³/mol. The Kier molecular flexibility index (Phi) is 4.00. The van der Waals surface area contributed by atoms with E-state index in [1.807, 2.05) is 19.1 Å². The van der Waals surface area contributed by atoms with Crippen LogP contribution >= 0.6 is 0 Å². The van der Waals surface area contributed by atoms with Gasteiger partial charge in [-0.25, -0.2) is 0 Å². The highest BCUT2D eigenvalue weighted by molar-refractivity contribution is 5.82. The molecule has 2 rings (SSSR count). The molecule has 0 saturated heterocycles. The number of carbonyl (C=O) groups is 1. The molecule has 0 bridgehead atoms. The molecule has 0 amide bonds. The van der Waals surface area contributed by atoms with Crippen molar-refractivity contribution in [3.05, 3.63) is 40.5 Å². The van der Waals surface area contributed by atoms with Gasteiger partial charge in [-0.15, -0.1) is 0 Å². The van der Waals surface area contributed by atoms with Crippen LogP contribution in [0.5, 0.6) is 0 Å². The summed E-state index contributed by atoms with van der Waals surface area (Å²) in [5, 5.41) is 0. The van der Waals surface area contributed by atoms with Gasteiger partial charge in [-0.3, -0.25) is 4.79 Å². The first kappa shape index (κ1) is 14.8. The van der Waals surface area contributed by atoms with Gasteiger partial charge in [-0.05, 0) is 43.0 Å². The van der Waals surface area contributed by atoms with E-state index >= 15 is 0 Å². The number of ether oxygens (including phenoxy) is 2. The first-order valence-electron chi connectivity index (χ1n) is 6.97. The molecule has 0 aliphatic heterocycles. The lowest BCUT2D eigenvalue weighted by atomic mass is 9.90. The molecule has 1 unspecified atom stereocenters. The average molecular weight is 274 g/mol. The molecule has 20 heavy (non-hydrogen) atoms. The van der Waals surface area contributed by atoms with Crippen LogP contribution in [-0.2, 0) is 19.9 Å². The summed E-state index contributed by atoms with van der Waals surface area (Å²) in [6, 6.07) is 6.12. The zero-order valence-corrected chi connectivity index (χ0v) is 12.9. The van der Waals surface area contributed by atoms with E-state index < -0.39 is 5.60 Å². The first-order chi connectivity index (χ1) is 9.47. The van der Waals surface area contributed by atoms with Gasteiger partial charge in [-0.2, -0.15) is 0 Å². The second kappa shape index (κ2) is 5.41. The van der Waals surface area contributed by atoms with E-state index in [-0.39, 0.29) is 5.97 Å². The highest BCUT2D eigenvalue weighted by atomic mass is 16.6. The number of aryl methyl sites for hydroxylation is 1. The Morgan fingerprint density at radius 2 is 1.95 bits per heavy atom. The second-order valence-corrected chi connectivity index (χ2v) is 5.34. The fourth-order valence-electron chi connectivity index (χ4n) is 3.01. The number of carbonyl (C=O) groups excluding carboxylic acids is 1. The molecule has 1 atom stereocenters. The Morgan fingerprint density at radius 1 is 1.25 bits per heavy atom. The highest BCUT2D eigenvalue weighted by Crippen LogP contribution is 2.48. The Morgan fingerprint density at radius 3 is 2.55 bits per heavy atom. The number of methoxy groups -OCH3 is 1. The van der Waals surface area contributed by atoms with Crippen molar-refractivity contribution in [2.75, 3.05) is 13.7 Å². The van der Waals surface area contributed by atoms with Gasteiger partial charge < -0.3 is 9.47 Å². The summed E-state index contributed by atoms with van der Waals surface area (Å²) in [5.74, 6) is -0.205. The van der Waals surface area contributed by atoms with Crippen molar-refractivity contribution >= 4 is 11.5 Å². The molecule has 0 radical (unpaired) electrons. The number of hydrogen-bond acceptors (Lipinski definition) is 3. The molecule has 1 aromatic carbocycles. The molecule has 3 heteroatoms. The van der Waals surface area contributed by atoms with Gasteiger partial charge in [0.1, 0.15) is 0 Å². The quantitative estimate of drug-likeness (QED) is 0.787. The van der Waals surface area contributed by atoms with Gasteiger partial charge in [0.25, 0.3) is 0 Å². The van der Waals surface area contributed by atoms with Crippen molar-refractivity contribution in [2.24, 2.45) is 0 Å². The molecule has 1 aliphatic carbocycles. The third-order valence-corrected chi connectivity index (χ3v) is 4.18. The standard InChI is InChI=1S/C17H22O3/c1-6-15(18)20-17(10-19-5)13(4)12(3)16-11(2)8-7-9-14(16)17/h7-9H,6,10H2,1-5H3. The van der Waals surface area contributed by atoms with Crippen LogP contribution in [0.4, 0.5) is 0 Å². The van der Waals surface area contributed by atoms with Gasteiger partial charge in [0.2, 0.25) is 0 Å². The minimum atomic E-state index is -0.771. The summed E-state index contributed by atoms with van der Waals surface area (Å²) < 4.78 is 11.2. The van der Waals surface area contributed by atoms with E-state index in [1.165, 1.54) is 16.7 Å². The van der Waals surface area contributed by atoms with E-state index in [9.17, 15) is 4.79 Å². The predicted octanol–water partition coefficient (Wildman–Crippen LogP) is 3.60. The lowest BCUT2D eigenvalue weighted by Crippen LogP contribution is -2.36.